The van der Waals surface area contributed by atoms with Gasteiger partial charge in [-0.25, -0.2) is 0 Å². The summed E-state index contributed by atoms with van der Waals surface area (Å²) in [5.74, 6) is 0. The summed E-state index contributed by atoms with van der Waals surface area (Å²) in [6.07, 6.45) is 2.50. The molecule has 1 N–H and O–H groups in total. The van der Waals surface area contributed by atoms with E-state index in [2.05, 4.69) is 28.7 Å². The van der Waals surface area contributed by atoms with E-state index in [9.17, 15) is 0 Å². The molecule has 0 atom stereocenters. The molecule has 0 bridgehead atoms. The first kappa shape index (κ1) is 11.4. The van der Waals surface area contributed by atoms with Crippen LogP contribution < -0.4 is 5.32 Å². The Hall–Kier alpha value is -0.0900. The Morgan fingerprint density at radius 1 is 1.53 bits per heavy atom. The maximum absolute atomic E-state index is 6.09. The molecule has 0 spiro atoms. The number of nitrogens with zero attached hydrogens (tertiary/aromatic N) is 1. The number of halogens is 1. The molecule has 2 rings (SSSR count). The minimum Gasteiger partial charge on any atom is -0.317 e. The molecule has 2 heterocycles. The molecule has 0 amide bonds. The Balaban J connectivity index is 1.85. The van der Waals surface area contributed by atoms with Crippen LogP contribution in [0.1, 0.15) is 18.4 Å². The molecule has 1 aromatic heterocycles. The largest absolute Gasteiger partial charge is 0.317 e. The summed E-state index contributed by atoms with van der Waals surface area (Å²) in [7, 11) is 2.05. The maximum Gasteiger partial charge on any atom is 0.0973 e. The Bertz CT molecular complexity index is 305. The quantitative estimate of drug-likeness (QED) is 0.879. The van der Waals surface area contributed by atoms with E-state index in [0.29, 0.717) is 6.04 Å². The molecular formula is C11H17ClN2S. The van der Waals surface area contributed by atoms with E-state index in [1.54, 1.807) is 11.3 Å². The van der Waals surface area contributed by atoms with E-state index in [4.69, 9.17) is 11.6 Å². The van der Waals surface area contributed by atoms with Gasteiger partial charge >= 0.3 is 0 Å². The van der Waals surface area contributed by atoms with Gasteiger partial charge in [-0.3, -0.25) is 4.90 Å². The summed E-state index contributed by atoms with van der Waals surface area (Å²) in [6.45, 7) is 3.37. The molecule has 1 aliphatic rings. The Morgan fingerprint density at radius 2 is 2.27 bits per heavy atom. The summed E-state index contributed by atoms with van der Waals surface area (Å²) in [5.41, 5.74) is 1.28. The second-order valence-corrected chi connectivity index (χ2v) is 5.58. The van der Waals surface area contributed by atoms with Crippen LogP contribution in [0.4, 0.5) is 0 Å². The second-order valence-electron chi connectivity index (χ2n) is 4.06. The van der Waals surface area contributed by atoms with E-state index in [-0.39, 0.29) is 0 Å². The van der Waals surface area contributed by atoms with Gasteiger partial charge in [-0.05, 0) is 50.0 Å². The van der Waals surface area contributed by atoms with Crippen molar-refractivity contribution in [3.05, 3.63) is 21.3 Å². The topological polar surface area (TPSA) is 15.3 Å². The van der Waals surface area contributed by atoms with Gasteiger partial charge in [0.25, 0.3) is 0 Å². The fourth-order valence-electron chi connectivity index (χ4n) is 2.05. The standard InChI is InChI=1S/C11H17ClN2S/c1-13-10-2-5-14(6-3-10)8-9-4-7-15-11(9)12/h4,7,10,13H,2-3,5-6,8H2,1H3. The van der Waals surface area contributed by atoms with Crippen LogP contribution in [0.5, 0.6) is 0 Å². The van der Waals surface area contributed by atoms with Crippen LogP contribution >= 0.6 is 22.9 Å². The number of hydrogen-bond acceptors (Lipinski definition) is 3. The molecule has 0 saturated carbocycles. The molecule has 1 saturated heterocycles. The molecule has 1 fully saturated rings. The van der Waals surface area contributed by atoms with Crippen molar-refractivity contribution in [1.29, 1.82) is 0 Å². The average Bonchev–Trinajstić information content (AvgIpc) is 2.66. The minimum absolute atomic E-state index is 0.708. The summed E-state index contributed by atoms with van der Waals surface area (Å²) < 4.78 is 0.950. The van der Waals surface area contributed by atoms with Crippen molar-refractivity contribution in [2.45, 2.75) is 25.4 Å². The third-order valence-electron chi connectivity index (χ3n) is 3.08. The van der Waals surface area contributed by atoms with Crippen LogP contribution in [0.15, 0.2) is 11.4 Å². The molecule has 1 aromatic rings. The van der Waals surface area contributed by atoms with Crippen molar-refractivity contribution < 1.29 is 0 Å². The van der Waals surface area contributed by atoms with Crippen molar-refractivity contribution in [3.63, 3.8) is 0 Å². The SMILES string of the molecule is CNC1CCN(Cc2ccsc2Cl)CC1. The predicted octanol–water partition coefficient (Wildman–Crippen LogP) is 2.59. The molecule has 84 valence electrons. The van der Waals surface area contributed by atoms with Gasteiger partial charge in [-0.2, -0.15) is 0 Å². The van der Waals surface area contributed by atoms with Crippen LogP contribution in [0.25, 0.3) is 0 Å². The van der Waals surface area contributed by atoms with Crippen LogP contribution in [0.2, 0.25) is 4.34 Å². The minimum atomic E-state index is 0.708. The van der Waals surface area contributed by atoms with Gasteiger partial charge < -0.3 is 5.32 Å². The Kier molecular flexibility index (Phi) is 4.03. The predicted molar refractivity (Wildman–Crippen MR) is 66.7 cm³/mol. The van der Waals surface area contributed by atoms with E-state index < -0.39 is 0 Å². The lowest BCUT2D eigenvalue weighted by molar-refractivity contribution is 0.195. The second kappa shape index (κ2) is 5.30. The van der Waals surface area contributed by atoms with E-state index in [1.807, 2.05) is 0 Å². The third kappa shape index (κ3) is 2.94. The van der Waals surface area contributed by atoms with Crippen molar-refractivity contribution >= 4 is 22.9 Å². The number of nitrogens with one attached hydrogen (secondary N) is 1. The lowest BCUT2D eigenvalue weighted by Crippen LogP contribution is -2.40. The Morgan fingerprint density at radius 3 is 2.80 bits per heavy atom. The maximum atomic E-state index is 6.09. The van der Waals surface area contributed by atoms with Gasteiger partial charge in [-0.1, -0.05) is 11.6 Å². The lowest BCUT2D eigenvalue weighted by Gasteiger charge is -2.31. The molecule has 1 aliphatic heterocycles. The van der Waals surface area contributed by atoms with Crippen molar-refractivity contribution in [1.82, 2.24) is 10.2 Å². The molecule has 0 aromatic carbocycles. The highest BCUT2D eigenvalue weighted by molar-refractivity contribution is 7.14. The first-order chi connectivity index (χ1) is 7.29. The van der Waals surface area contributed by atoms with Gasteiger partial charge in [0, 0.05) is 12.6 Å². The fraction of sp³-hybridized carbons (Fsp3) is 0.636. The number of thiophene rings is 1. The van der Waals surface area contributed by atoms with Crippen LogP contribution in [0.3, 0.4) is 0 Å². The third-order valence-corrected chi connectivity index (χ3v) is 4.33. The summed E-state index contributed by atoms with van der Waals surface area (Å²) in [5, 5.41) is 5.41. The van der Waals surface area contributed by atoms with Crippen molar-refractivity contribution in [3.8, 4) is 0 Å². The molecule has 0 unspecified atom stereocenters. The van der Waals surface area contributed by atoms with E-state index in [1.165, 1.54) is 31.5 Å². The smallest absolute Gasteiger partial charge is 0.0973 e. The van der Waals surface area contributed by atoms with Gasteiger partial charge in [0.15, 0.2) is 0 Å². The normalized spacial score (nSPS) is 19.6. The monoisotopic (exact) mass is 244 g/mol. The lowest BCUT2D eigenvalue weighted by atomic mass is 10.1. The fourth-order valence-corrected chi connectivity index (χ4v) is 2.97. The molecular weight excluding hydrogens is 228 g/mol. The first-order valence-electron chi connectivity index (χ1n) is 5.41. The highest BCUT2D eigenvalue weighted by Gasteiger charge is 2.18. The number of piperidine rings is 1. The van der Waals surface area contributed by atoms with Crippen LogP contribution in [-0.4, -0.2) is 31.1 Å². The molecule has 0 radical (unpaired) electrons. The number of likely N-dealkylation sites (tertiary alicyclic amines) is 1. The van der Waals surface area contributed by atoms with Crippen LogP contribution in [-0.2, 0) is 6.54 Å². The van der Waals surface area contributed by atoms with Crippen LogP contribution in [0, 0.1) is 0 Å². The summed E-state index contributed by atoms with van der Waals surface area (Å²) in [6, 6.07) is 2.84. The average molecular weight is 245 g/mol. The molecule has 2 nitrogen and oxygen atoms in total. The number of hydrogen-bond donors (Lipinski definition) is 1. The number of rotatable bonds is 3. The highest BCUT2D eigenvalue weighted by Crippen LogP contribution is 2.25. The molecule has 15 heavy (non-hydrogen) atoms. The van der Waals surface area contributed by atoms with Crippen molar-refractivity contribution in [2.75, 3.05) is 20.1 Å². The highest BCUT2D eigenvalue weighted by atomic mass is 35.5. The zero-order valence-electron chi connectivity index (χ0n) is 9.00. The zero-order chi connectivity index (χ0) is 10.7. The summed E-state index contributed by atoms with van der Waals surface area (Å²) >= 11 is 7.72. The molecule has 0 aliphatic carbocycles. The van der Waals surface area contributed by atoms with Crippen molar-refractivity contribution in [2.24, 2.45) is 0 Å². The van der Waals surface area contributed by atoms with Gasteiger partial charge in [-0.15, -0.1) is 11.3 Å². The Labute approximate surface area is 100 Å². The van der Waals surface area contributed by atoms with Gasteiger partial charge in [0.1, 0.15) is 0 Å². The summed E-state index contributed by atoms with van der Waals surface area (Å²) in [4.78, 5) is 2.49. The van der Waals surface area contributed by atoms with Gasteiger partial charge in [0.05, 0.1) is 4.34 Å². The first-order valence-corrected chi connectivity index (χ1v) is 6.67. The van der Waals surface area contributed by atoms with E-state index in [0.717, 1.165) is 10.9 Å². The van der Waals surface area contributed by atoms with Gasteiger partial charge in [0.2, 0.25) is 0 Å². The molecule has 4 heteroatoms. The zero-order valence-corrected chi connectivity index (χ0v) is 10.6. The van der Waals surface area contributed by atoms with E-state index >= 15 is 0 Å².